The van der Waals surface area contributed by atoms with E-state index in [0.29, 0.717) is 0 Å². The Morgan fingerprint density at radius 2 is 2.50 bits per heavy atom. The molecule has 0 aliphatic carbocycles. The average molecular weight is 199 g/mol. The molecule has 2 rings (SSSR count). The SMILES string of the molecule is C=C1CCn2nc(Br)cc21. The van der Waals surface area contributed by atoms with Gasteiger partial charge in [-0.05, 0) is 34.0 Å². The molecule has 1 aromatic heterocycles. The van der Waals surface area contributed by atoms with E-state index < -0.39 is 0 Å². The summed E-state index contributed by atoms with van der Waals surface area (Å²) < 4.78 is 2.88. The predicted octanol–water partition coefficient (Wildman–Crippen LogP) is 2.06. The predicted molar refractivity (Wildman–Crippen MR) is 43.6 cm³/mol. The average Bonchev–Trinajstić information content (AvgIpc) is 2.35. The summed E-state index contributed by atoms with van der Waals surface area (Å²) in [6.45, 7) is 4.91. The maximum absolute atomic E-state index is 4.21. The van der Waals surface area contributed by atoms with Crippen LogP contribution < -0.4 is 0 Å². The Kier molecular flexibility index (Phi) is 1.20. The van der Waals surface area contributed by atoms with Crippen LogP contribution in [0.3, 0.4) is 0 Å². The zero-order valence-electron chi connectivity index (χ0n) is 5.47. The molecule has 10 heavy (non-hydrogen) atoms. The largest absolute Gasteiger partial charge is 0.264 e. The van der Waals surface area contributed by atoms with Gasteiger partial charge in [0.25, 0.3) is 0 Å². The van der Waals surface area contributed by atoms with Gasteiger partial charge in [0.05, 0.1) is 5.69 Å². The Morgan fingerprint density at radius 1 is 1.70 bits per heavy atom. The Balaban J connectivity index is 2.59. The molecule has 0 atom stereocenters. The third-order valence-electron chi connectivity index (χ3n) is 1.74. The third-order valence-corrected chi connectivity index (χ3v) is 2.13. The Morgan fingerprint density at radius 3 is 3.20 bits per heavy atom. The van der Waals surface area contributed by atoms with Gasteiger partial charge in [0.1, 0.15) is 4.60 Å². The van der Waals surface area contributed by atoms with E-state index in [2.05, 4.69) is 27.6 Å². The molecular formula is C7H7BrN2. The standard InChI is InChI=1S/C7H7BrN2/c1-5-2-3-10-6(5)4-7(8)9-10/h4H,1-3H2. The maximum atomic E-state index is 4.21. The molecule has 0 bridgehead atoms. The number of nitrogens with zero attached hydrogens (tertiary/aromatic N) is 2. The summed E-state index contributed by atoms with van der Waals surface area (Å²) >= 11 is 3.31. The first-order valence-corrected chi connectivity index (χ1v) is 3.98. The molecule has 0 N–H and O–H groups in total. The Hall–Kier alpha value is -0.570. The summed E-state index contributed by atoms with van der Waals surface area (Å²) in [5.41, 5.74) is 2.37. The van der Waals surface area contributed by atoms with Crippen molar-refractivity contribution in [1.29, 1.82) is 0 Å². The second kappa shape index (κ2) is 1.95. The van der Waals surface area contributed by atoms with E-state index in [1.807, 2.05) is 10.7 Å². The molecule has 52 valence electrons. The number of halogens is 1. The molecule has 0 saturated heterocycles. The molecule has 0 saturated carbocycles. The second-order valence-corrected chi connectivity index (χ2v) is 3.24. The summed E-state index contributed by atoms with van der Waals surface area (Å²) in [5.74, 6) is 0. The first kappa shape index (κ1) is 6.16. The van der Waals surface area contributed by atoms with Gasteiger partial charge in [0.15, 0.2) is 0 Å². The van der Waals surface area contributed by atoms with E-state index in [1.165, 1.54) is 11.3 Å². The molecular weight excluding hydrogens is 192 g/mol. The van der Waals surface area contributed by atoms with Gasteiger partial charge in [-0.15, -0.1) is 0 Å². The fraction of sp³-hybridized carbons (Fsp3) is 0.286. The quantitative estimate of drug-likeness (QED) is 0.625. The van der Waals surface area contributed by atoms with Crippen LogP contribution in [0.4, 0.5) is 0 Å². The van der Waals surface area contributed by atoms with Crippen molar-refractivity contribution in [3.8, 4) is 0 Å². The van der Waals surface area contributed by atoms with Gasteiger partial charge in [-0.3, -0.25) is 4.68 Å². The lowest BCUT2D eigenvalue weighted by atomic mass is 10.2. The van der Waals surface area contributed by atoms with Crippen LogP contribution in [-0.2, 0) is 6.54 Å². The van der Waals surface area contributed by atoms with E-state index in [1.54, 1.807) is 0 Å². The molecule has 0 unspecified atom stereocenters. The smallest absolute Gasteiger partial charge is 0.128 e. The minimum atomic E-state index is 0.906. The monoisotopic (exact) mass is 198 g/mol. The lowest BCUT2D eigenvalue weighted by Gasteiger charge is -1.88. The van der Waals surface area contributed by atoms with E-state index >= 15 is 0 Å². The van der Waals surface area contributed by atoms with Crippen LogP contribution >= 0.6 is 15.9 Å². The van der Waals surface area contributed by atoms with Crippen molar-refractivity contribution in [1.82, 2.24) is 9.78 Å². The van der Waals surface area contributed by atoms with E-state index in [0.717, 1.165) is 17.6 Å². The van der Waals surface area contributed by atoms with Crippen LogP contribution in [0, 0.1) is 0 Å². The van der Waals surface area contributed by atoms with Crippen LogP contribution in [0.25, 0.3) is 5.57 Å². The van der Waals surface area contributed by atoms with Crippen LogP contribution in [0.2, 0.25) is 0 Å². The highest BCUT2D eigenvalue weighted by Crippen LogP contribution is 2.26. The molecule has 1 aromatic rings. The molecule has 1 aliphatic rings. The van der Waals surface area contributed by atoms with Crippen molar-refractivity contribution < 1.29 is 0 Å². The minimum absolute atomic E-state index is 0.906. The topological polar surface area (TPSA) is 17.8 Å². The molecule has 0 aromatic carbocycles. The zero-order chi connectivity index (χ0) is 7.14. The van der Waals surface area contributed by atoms with Gasteiger partial charge in [-0.2, -0.15) is 5.10 Å². The van der Waals surface area contributed by atoms with Gasteiger partial charge >= 0.3 is 0 Å². The number of hydrogen-bond acceptors (Lipinski definition) is 1. The van der Waals surface area contributed by atoms with E-state index in [-0.39, 0.29) is 0 Å². The lowest BCUT2D eigenvalue weighted by Crippen LogP contribution is -1.92. The first-order valence-electron chi connectivity index (χ1n) is 3.19. The van der Waals surface area contributed by atoms with Crippen LogP contribution in [0.1, 0.15) is 12.1 Å². The summed E-state index contributed by atoms with van der Waals surface area (Å²) in [7, 11) is 0. The zero-order valence-corrected chi connectivity index (χ0v) is 7.06. The Bertz CT molecular complexity index is 288. The summed E-state index contributed by atoms with van der Waals surface area (Å²) in [4.78, 5) is 0. The number of hydrogen-bond donors (Lipinski definition) is 0. The van der Waals surface area contributed by atoms with Gasteiger partial charge in [-0.25, -0.2) is 0 Å². The number of rotatable bonds is 0. The van der Waals surface area contributed by atoms with Crippen molar-refractivity contribution in [2.75, 3.05) is 0 Å². The van der Waals surface area contributed by atoms with Gasteiger partial charge in [0.2, 0.25) is 0 Å². The van der Waals surface area contributed by atoms with Crippen molar-refractivity contribution in [3.63, 3.8) is 0 Å². The minimum Gasteiger partial charge on any atom is -0.264 e. The van der Waals surface area contributed by atoms with Crippen LogP contribution in [0.5, 0.6) is 0 Å². The first-order chi connectivity index (χ1) is 4.77. The molecule has 0 amide bonds. The van der Waals surface area contributed by atoms with Gasteiger partial charge in [-0.1, -0.05) is 6.58 Å². The molecule has 2 heterocycles. The normalized spacial score (nSPS) is 15.9. The maximum Gasteiger partial charge on any atom is 0.128 e. The molecule has 0 spiro atoms. The third kappa shape index (κ3) is 0.736. The molecule has 3 heteroatoms. The van der Waals surface area contributed by atoms with Crippen molar-refractivity contribution in [2.24, 2.45) is 0 Å². The lowest BCUT2D eigenvalue weighted by molar-refractivity contribution is 0.658. The highest BCUT2D eigenvalue weighted by Gasteiger charge is 2.15. The van der Waals surface area contributed by atoms with Crippen LogP contribution in [-0.4, -0.2) is 9.78 Å². The molecule has 2 nitrogen and oxygen atoms in total. The second-order valence-electron chi connectivity index (χ2n) is 2.43. The fourth-order valence-corrected chi connectivity index (χ4v) is 1.62. The van der Waals surface area contributed by atoms with Crippen molar-refractivity contribution >= 4 is 21.5 Å². The van der Waals surface area contributed by atoms with E-state index in [9.17, 15) is 0 Å². The number of aromatic nitrogens is 2. The summed E-state index contributed by atoms with van der Waals surface area (Å²) in [5, 5.41) is 4.21. The number of fused-ring (bicyclic) bond motifs is 1. The van der Waals surface area contributed by atoms with Gasteiger partial charge < -0.3 is 0 Å². The number of aryl methyl sites for hydroxylation is 1. The molecule has 0 radical (unpaired) electrons. The molecule has 0 fully saturated rings. The van der Waals surface area contributed by atoms with E-state index in [4.69, 9.17) is 0 Å². The summed E-state index contributed by atoms with van der Waals surface area (Å²) in [6.07, 6.45) is 1.05. The van der Waals surface area contributed by atoms with Crippen molar-refractivity contribution in [3.05, 3.63) is 22.9 Å². The highest BCUT2D eigenvalue weighted by molar-refractivity contribution is 9.10. The van der Waals surface area contributed by atoms with Crippen molar-refractivity contribution in [2.45, 2.75) is 13.0 Å². The summed E-state index contributed by atoms with van der Waals surface area (Å²) in [6, 6.07) is 2.01. The highest BCUT2D eigenvalue weighted by atomic mass is 79.9. The fourth-order valence-electron chi connectivity index (χ4n) is 1.21. The van der Waals surface area contributed by atoms with Gasteiger partial charge in [0, 0.05) is 6.54 Å². The van der Waals surface area contributed by atoms with Crippen LogP contribution in [0.15, 0.2) is 17.2 Å². The molecule has 1 aliphatic heterocycles. The Labute approximate surface area is 67.7 Å². The number of allylic oxidation sites excluding steroid dienone is 1.